The van der Waals surface area contributed by atoms with Gasteiger partial charge in [-0.1, -0.05) is 0 Å². The first-order valence-electron chi connectivity index (χ1n) is 7.76. The lowest BCUT2D eigenvalue weighted by Crippen LogP contribution is -2.45. The smallest absolute Gasteiger partial charge is 0.255 e. The molecule has 3 heterocycles. The van der Waals surface area contributed by atoms with Gasteiger partial charge in [-0.3, -0.25) is 4.79 Å². The molecule has 6 heteroatoms. The van der Waals surface area contributed by atoms with Crippen LogP contribution < -0.4 is 10.2 Å². The third-order valence-electron chi connectivity index (χ3n) is 4.25. The van der Waals surface area contributed by atoms with Gasteiger partial charge in [-0.2, -0.15) is 0 Å². The molecule has 0 spiro atoms. The second kappa shape index (κ2) is 6.74. The van der Waals surface area contributed by atoms with Gasteiger partial charge in [-0.25, -0.2) is 4.98 Å². The predicted molar refractivity (Wildman–Crippen MR) is 92.8 cm³/mol. The number of pyridine rings is 1. The van der Waals surface area contributed by atoms with E-state index in [1.54, 1.807) is 19.3 Å². The molecule has 1 amide bonds. The summed E-state index contributed by atoms with van der Waals surface area (Å²) in [4.78, 5) is 19.0. The van der Waals surface area contributed by atoms with Crippen molar-refractivity contribution >= 4 is 27.7 Å². The van der Waals surface area contributed by atoms with E-state index in [-0.39, 0.29) is 11.9 Å². The number of amides is 1. The van der Waals surface area contributed by atoms with Crippen LogP contribution in [0, 0.1) is 13.8 Å². The third kappa shape index (κ3) is 3.58. The molecule has 5 nitrogen and oxygen atoms in total. The number of nitrogens with zero attached hydrogens (tertiary/aromatic N) is 2. The van der Waals surface area contributed by atoms with Gasteiger partial charge < -0.3 is 14.6 Å². The number of carbonyl (C=O) groups excluding carboxylic acids is 1. The number of hydrogen-bond donors (Lipinski definition) is 1. The molecule has 0 aromatic carbocycles. The summed E-state index contributed by atoms with van der Waals surface area (Å²) in [5.74, 6) is 1.64. The van der Waals surface area contributed by atoms with Gasteiger partial charge in [0.15, 0.2) is 0 Å². The number of halogens is 1. The average molecular weight is 378 g/mol. The first kappa shape index (κ1) is 16.1. The number of anilines is 1. The first-order valence-corrected chi connectivity index (χ1v) is 8.56. The van der Waals surface area contributed by atoms with Gasteiger partial charge in [0.1, 0.15) is 11.6 Å². The summed E-state index contributed by atoms with van der Waals surface area (Å²) >= 11 is 3.45. The Hall–Kier alpha value is -1.82. The molecular weight excluding hydrogens is 358 g/mol. The van der Waals surface area contributed by atoms with Crippen LogP contribution >= 0.6 is 15.9 Å². The maximum absolute atomic E-state index is 12.2. The van der Waals surface area contributed by atoms with Crippen molar-refractivity contribution in [2.45, 2.75) is 32.7 Å². The number of aryl methyl sites for hydroxylation is 2. The molecule has 0 radical (unpaired) electrons. The summed E-state index contributed by atoms with van der Waals surface area (Å²) in [6, 6.07) is 4.00. The van der Waals surface area contributed by atoms with E-state index in [0.717, 1.165) is 41.8 Å². The molecule has 2 aromatic rings. The average Bonchev–Trinajstić information content (AvgIpc) is 2.95. The van der Waals surface area contributed by atoms with Crippen LogP contribution in [0.5, 0.6) is 0 Å². The minimum Gasteiger partial charge on any atom is -0.469 e. The van der Waals surface area contributed by atoms with Crippen molar-refractivity contribution in [2.24, 2.45) is 0 Å². The van der Waals surface area contributed by atoms with E-state index < -0.39 is 0 Å². The molecule has 2 aromatic heterocycles. The van der Waals surface area contributed by atoms with Gasteiger partial charge in [0, 0.05) is 29.8 Å². The van der Waals surface area contributed by atoms with Crippen molar-refractivity contribution in [2.75, 3.05) is 18.0 Å². The molecule has 0 saturated carbocycles. The van der Waals surface area contributed by atoms with Gasteiger partial charge in [-0.05, 0) is 60.3 Å². The molecule has 122 valence electrons. The molecule has 3 rings (SSSR count). The lowest BCUT2D eigenvalue weighted by molar-refractivity contribution is 0.0929. The largest absolute Gasteiger partial charge is 0.469 e. The Bertz CT molecular complexity index is 706. The van der Waals surface area contributed by atoms with Crippen LogP contribution in [-0.2, 0) is 0 Å². The molecule has 1 N–H and O–H groups in total. The van der Waals surface area contributed by atoms with E-state index in [1.807, 2.05) is 6.20 Å². The number of piperidine rings is 1. The minimum atomic E-state index is -0.0485. The van der Waals surface area contributed by atoms with Gasteiger partial charge in [0.05, 0.1) is 11.8 Å². The highest BCUT2D eigenvalue weighted by Crippen LogP contribution is 2.24. The summed E-state index contributed by atoms with van der Waals surface area (Å²) in [6.07, 6.45) is 5.21. The Balaban J connectivity index is 1.58. The second-order valence-electron chi connectivity index (χ2n) is 5.92. The maximum atomic E-state index is 12.2. The number of nitrogens with one attached hydrogen (secondary N) is 1. The Kier molecular flexibility index (Phi) is 4.71. The van der Waals surface area contributed by atoms with E-state index in [9.17, 15) is 4.79 Å². The summed E-state index contributed by atoms with van der Waals surface area (Å²) in [6.45, 7) is 5.66. The molecule has 0 aliphatic carbocycles. The van der Waals surface area contributed by atoms with Crippen LogP contribution in [0.15, 0.2) is 33.5 Å². The van der Waals surface area contributed by atoms with Crippen molar-refractivity contribution in [1.82, 2.24) is 10.3 Å². The highest BCUT2D eigenvalue weighted by atomic mass is 79.9. The molecule has 23 heavy (non-hydrogen) atoms. The summed E-state index contributed by atoms with van der Waals surface area (Å²) < 4.78 is 6.19. The van der Waals surface area contributed by atoms with Crippen molar-refractivity contribution in [3.8, 4) is 0 Å². The summed E-state index contributed by atoms with van der Waals surface area (Å²) in [7, 11) is 0. The summed E-state index contributed by atoms with van der Waals surface area (Å²) in [5.41, 5.74) is 1.79. The molecule has 1 aliphatic rings. The van der Waals surface area contributed by atoms with Crippen LogP contribution in [0.4, 0.5) is 5.82 Å². The molecule has 0 atom stereocenters. The van der Waals surface area contributed by atoms with E-state index in [0.29, 0.717) is 11.3 Å². The van der Waals surface area contributed by atoms with E-state index >= 15 is 0 Å². The normalized spacial score (nSPS) is 15.7. The van der Waals surface area contributed by atoms with E-state index in [1.165, 1.54) is 0 Å². The van der Waals surface area contributed by atoms with E-state index in [2.05, 4.69) is 44.1 Å². The molecule has 0 bridgehead atoms. The highest BCUT2D eigenvalue weighted by molar-refractivity contribution is 9.10. The SMILES string of the molecule is Cc1cc(Br)cnc1N1CCC(NC(=O)c2ccoc2C)CC1. The highest BCUT2D eigenvalue weighted by Gasteiger charge is 2.23. The Morgan fingerprint density at radius 2 is 2.13 bits per heavy atom. The van der Waals surface area contributed by atoms with Crippen LogP contribution in [0.1, 0.15) is 34.5 Å². The van der Waals surface area contributed by atoms with Crippen LogP contribution in [-0.4, -0.2) is 30.0 Å². The molecular formula is C17H20BrN3O2. The van der Waals surface area contributed by atoms with Gasteiger partial charge >= 0.3 is 0 Å². The fourth-order valence-electron chi connectivity index (χ4n) is 2.98. The second-order valence-corrected chi connectivity index (χ2v) is 6.83. The number of aromatic nitrogens is 1. The Morgan fingerprint density at radius 3 is 2.74 bits per heavy atom. The van der Waals surface area contributed by atoms with Crippen molar-refractivity contribution in [1.29, 1.82) is 0 Å². The van der Waals surface area contributed by atoms with Crippen molar-refractivity contribution in [3.63, 3.8) is 0 Å². The van der Waals surface area contributed by atoms with Crippen molar-refractivity contribution < 1.29 is 9.21 Å². The molecule has 1 aliphatic heterocycles. The minimum absolute atomic E-state index is 0.0485. The zero-order valence-electron chi connectivity index (χ0n) is 13.3. The number of carbonyl (C=O) groups is 1. The number of rotatable bonds is 3. The van der Waals surface area contributed by atoms with Gasteiger partial charge in [0.25, 0.3) is 5.91 Å². The maximum Gasteiger partial charge on any atom is 0.255 e. The lowest BCUT2D eigenvalue weighted by atomic mass is 10.0. The molecule has 1 fully saturated rings. The van der Waals surface area contributed by atoms with Crippen LogP contribution in [0.2, 0.25) is 0 Å². The molecule has 1 saturated heterocycles. The summed E-state index contributed by atoms with van der Waals surface area (Å²) in [5, 5.41) is 3.10. The van der Waals surface area contributed by atoms with Gasteiger partial charge in [0.2, 0.25) is 0 Å². The first-order chi connectivity index (χ1) is 11.0. The Labute approximate surface area is 144 Å². The fourth-order valence-corrected chi connectivity index (χ4v) is 3.43. The van der Waals surface area contributed by atoms with Crippen LogP contribution in [0.25, 0.3) is 0 Å². The van der Waals surface area contributed by atoms with Gasteiger partial charge in [-0.15, -0.1) is 0 Å². The topological polar surface area (TPSA) is 58.4 Å². The number of furan rings is 1. The van der Waals surface area contributed by atoms with Crippen molar-refractivity contribution in [3.05, 3.63) is 46.0 Å². The zero-order chi connectivity index (χ0) is 16.4. The third-order valence-corrected chi connectivity index (χ3v) is 4.68. The predicted octanol–water partition coefficient (Wildman–Crippen LogP) is 3.45. The quantitative estimate of drug-likeness (QED) is 0.889. The zero-order valence-corrected chi connectivity index (χ0v) is 14.9. The van der Waals surface area contributed by atoms with Crippen LogP contribution in [0.3, 0.4) is 0 Å². The molecule has 0 unspecified atom stereocenters. The monoisotopic (exact) mass is 377 g/mol. The Morgan fingerprint density at radius 1 is 1.39 bits per heavy atom. The van der Waals surface area contributed by atoms with E-state index in [4.69, 9.17) is 4.42 Å². The number of hydrogen-bond acceptors (Lipinski definition) is 4. The fraction of sp³-hybridized carbons (Fsp3) is 0.412. The standard InChI is InChI=1S/C17H20BrN3O2/c1-11-9-13(18)10-19-16(11)21-6-3-14(4-7-21)20-17(22)15-5-8-23-12(15)2/h5,8-10,14H,3-4,6-7H2,1-2H3,(H,20,22). The lowest BCUT2D eigenvalue weighted by Gasteiger charge is -2.34.